The molecule has 1 rings (SSSR count). The molecule has 0 aromatic heterocycles. The van der Waals surface area contributed by atoms with Crippen LogP contribution in [0.4, 0.5) is 0 Å². The van der Waals surface area contributed by atoms with Crippen molar-refractivity contribution in [1.29, 1.82) is 0 Å². The topological polar surface area (TPSA) is 21.3 Å². The van der Waals surface area contributed by atoms with Crippen molar-refractivity contribution < 1.29 is 4.74 Å². The lowest BCUT2D eigenvalue weighted by Gasteiger charge is -2.34. The second kappa shape index (κ2) is 6.70. The minimum Gasteiger partial charge on any atom is -0.374 e. The lowest BCUT2D eigenvalue weighted by atomic mass is 9.96. The molecule has 0 radical (unpaired) electrons. The van der Waals surface area contributed by atoms with Gasteiger partial charge in [-0.05, 0) is 44.2 Å². The van der Waals surface area contributed by atoms with E-state index < -0.39 is 0 Å². The second-order valence-electron chi connectivity index (χ2n) is 4.13. The average Bonchev–Trinajstić information content (AvgIpc) is 2.18. The van der Waals surface area contributed by atoms with E-state index in [1.165, 1.54) is 30.8 Å². The lowest BCUT2D eigenvalue weighted by Crippen LogP contribution is -2.45. The quantitative estimate of drug-likeness (QED) is 0.690. The van der Waals surface area contributed by atoms with Crippen LogP contribution in [0.15, 0.2) is 0 Å². The van der Waals surface area contributed by atoms with Crippen LogP contribution in [0.2, 0.25) is 0 Å². The monoisotopic (exact) mass is 217 g/mol. The molecule has 3 heteroatoms. The standard InChI is InChI=1S/C11H23NOS/c1-3-14-9-5-8-13-11(2)6-4-7-12-10-11/h12H,3-10H2,1-2H3. The van der Waals surface area contributed by atoms with Crippen molar-refractivity contribution in [2.75, 3.05) is 31.2 Å². The molecule has 0 spiro atoms. The summed E-state index contributed by atoms with van der Waals surface area (Å²) in [5.74, 6) is 2.46. The van der Waals surface area contributed by atoms with Gasteiger partial charge in [0.05, 0.1) is 5.60 Å². The molecule has 0 aromatic carbocycles. The first-order valence-electron chi connectivity index (χ1n) is 5.69. The fourth-order valence-electron chi connectivity index (χ4n) is 1.78. The molecule has 1 aliphatic rings. The van der Waals surface area contributed by atoms with Gasteiger partial charge in [0.25, 0.3) is 0 Å². The summed E-state index contributed by atoms with van der Waals surface area (Å²) >= 11 is 2.00. The predicted octanol–water partition coefficient (Wildman–Crippen LogP) is 2.29. The molecule has 1 heterocycles. The molecule has 1 saturated heterocycles. The molecule has 2 nitrogen and oxygen atoms in total. The molecule has 14 heavy (non-hydrogen) atoms. The first-order chi connectivity index (χ1) is 6.77. The number of hydrogen-bond donors (Lipinski definition) is 1. The third kappa shape index (κ3) is 4.67. The third-order valence-corrected chi connectivity index (χ3v) is 3.63. The summed E-state index contributed by atoms with van der Waals surface area (Å²) < 4.78 is 5.94. The van der Waals surface area contributed by atoms with Crippen molar-refractivity contribution in [2.45, 2.75) is 38.7 Å². The van der Waals surface area contributed by atoms with Crippen LogP contribution >= 0.6 is 11.8 Å². The summed E-state index contributed by atoms with van der Waals surface area (Å²) in [6.45, 7) is 7.54. The fourth-order valence-corrected chi connectivity index (χ4v) is 2.39. The Balaban J connectivity index is 2.03. The van der Waals surface area contributed by atoms with Crippen LogP contribution in [0.25, 0.3) is 0 Å². The van der Waals surface area contributed by atoms with Gasteiger partial charge in [-0.25, -0.2) is 0 Å². The Morgan fingerprint density at radius 1 is 1.50 bits per heavy atom. The summed E-state index contributed by atoms with van der Waals surface area (Å²) in [5, 5.41) is 3.40. The van der Waals surface area contributed by atoms with E-state index in [9.17, 15) is 0 Å². The Morgan fingerprint density at radius 2 is 2.36 bits per heavy atom. The summed E-state index contributed by atoms with van der Waals surface area (Å²) in [5.41, 5.74) is 0.106. The highest BCUT2D eigenvalue weighted by molar-refractivity contribution is 7.99. The number of thioether (sulfide) groups is 1. The molecule has 0 aliphatic carbocycles. The van der Waals surface area contributed by atoms with Gasteiger partial charge < -0.3 is 10.1 Å². The van der Waals surface area contributed by atoms with Crippen LogP contribution in [0.5, 0.6) is 0 Å². The Hall–Kier alpha value is 0.270. The smallest absolute Gasteiger partial charge is 0.0778 e. The van der Waals surface area contributed by atoms with Gasteiger partial charge >= 0.3 is 0 Å². The molecule has 0 bridgehead atoms. The van der Waals surface area contributed by atoms with Crippen LogP contribution in [-0.2, 0) is 4.74 Å². The van der Waals surface area contributed by atoms with Gasteiger partial charge in [-0.15, -0.1) is 0 Å². The Morgan fingerprint density at radius 3 is 3.00 bits per heavy atom. The number of ether oxygens (including phenoxy) is 1. The summed E-state index contributed by atoms with van der Waals surface area (Å²) in [7, 11) is 0. The minimum atomic E-state index is 0.106. The van der Waals surface area contributed by atoms with E-state index in [4.69, 9.17) is 4.74 Å². The Kier molecular flexibility index (Phi) is 5.90. The zero-order valence-electron chi connectivity index (χ0n) is 9.47. The van der Waals surface area contributed by atoms with Crippen molar-refractivity contribution in [3.63, 3.8) is 0 Å². The highest BCUT2D eigenvalue weighted by Gasteiger charge is 2.26. The maximum atomic E-state index is 5.94. The minimum absolute atomic E-state index is 0.106. The Bertz CT molecular complexity index is 146. The van der Waals surface area contributed by atoms with Gasteiger partial charge in [0, 0.05) is 13.2 Å². The van der Waals surface area contributed by atoms with E-state index in [0.29, 0.717) is 0 Å². The number of piperidine rings is 1. The van der Waals surface area contributed by atoms with Crippen LogP contribution in [0.3, 0.4) is 0 Å². The maximum absolute atomic E-state index is 5.94. The molecule has 1 aliphatic heterocycles. The van der Waals surface area contributed by atoms with Gasteiger partial charge in [-0.2, -0.15) is 11.8 Å². The third-order valence-electron chi connectivity index (χ3n) is 2.65. The molecule has 0 saturated carbocycles. The van der Waals surface area contributed by atoms with Gasteiger partial charge in [0.2, 0.25) is 0 Å². The van der Waals surface area contributed by atoms with Gasteiger partial charge in [-0.1, -0.05) is 6.92 Å². The SMILES string of the molecule is CCSCCCOC1(C)CCCNC1. The normalized spacial score (nSPS) is 27.9. The van der Waals surface area contributed by atoms with Crippen LogP contribution in [0.1, 0.15) is 33.1 Å². The summed E-state index contributed by atoms with van der Waals surface area (Å²) in [6, 6.07) is 0. The van der Waals surface area contributed by atoms with E-state index in [0.717, 1.165) is 19.7 Å². The first-order valence-corrected chi connectivity index (χ1v) is 6.85. The zero-order chi connectivity index (χ0) is 10.3. The van der Waals surface area contributed by atoms with Crippen molar-refractivity contribution >= 4 is 11.8 Å². The fraction of sp³-hybridized carbons (Fsp3) is 1.00. The molecule has 84 valence electrons. The summed E-state index contributed by atoms with van der Waals surface area (Å²) in [4.78, 5) is 0. The molecule has 1 unspecified atom stereocenters. The van der Waals surface area contributed by atoms with Gasteiger partial charge in [0.1, 0.15) is 0 Å². The second-order valence-corrected chi connectivity index (χ2v) is 5.52. The van der Waals surface area contributed by atoms with Crippen LogP contribution in [-0.4, -0.2) is 36.8 Å². The molecule has 1 fully saturated rings. The van der Waals surface area contributed by atoms with Crippen LogP contribution in [0, 0.1) is 0 Å². The predicted molar refractivity (Wildman–Crippen MR) is 64.1 cm³/mol. The molecule has 1 N–H and O–H groups in total. The van der Waals surface area contributed by atoms with Gasteiger partial charge in [-0.3, -0.25) is 0 Å². The summed E-state index contributed by atoms with van der Waals surface area (Å²) in [6.07, 6.45) is 3.65. The first kappa shape index (κ1) is 12.3. The number of hydrogen-bond acceptors (Lipinski definition) is 3. The van der Waals surface area contributed by atoms with E-state index in [-0.39, 0.29) is 5.60 Å². The van der Waals surface area contributed by atoms with Crippen molar-refractivity contribution in [2.24, 2.45) is 0 Å². The van der Waals surface area contributed by atoms with Gasteiger partial charge in [0.15, 0.2) is 0 Å². The van der Waals surface area contributed by atoms with Crippen molar-refractivity contribution in [3.05, 3.63) is 0 Å². The zero-order valence-corrected chi connectivity index (χ0v) is 10.3. The van der Waals surface area contributed by atoms with Crippen LogP contribution < -0.4 is 5.32 Å². The molecule has 0 aromatic rings. The van der Waals surface area contributed by atoms with Crippen molar-refractivity contribution in [3.8, 4) is 0 Å². The maximum Gasteiger partial charge on any atom is 0.0778 e. The molecule has 1 atom stereocenters. The van der Waals surface area contributed by atoms with Crippen molar-refractivity contribution in [1.82, 2.24) is 5.32 Å². The molecular weight excluding hydrogens is 194 g/mol. The van der Waals surface area contributed by atoms with E-state index >= 15 is 0 Å². The largest absolute Gasteiger partial charge is 0.374 e. The molecule has 0 amide bonds. The highest BCUT2D eigenvalue weighted by atomic mass is 32.2. The number of nitrogens with one attached hydrogen (secondary N) is 1. The number of rotatable bonds is 6. The molecular formula is C11H23NOS. The Labute approximate surface area is 92.2 Å². The van der Waals surface area contributed by atoms with E-state index in [1.54, 1.807) is 0 Å². The highest BCUT2D eigenvalue weighted by Crippen LogP contribution is 2.20. The van der Waals surface area contributed by atoms with E-state index in [1.807, 2.05) is 11.8 Å². The van der Waals surface area contributed by atoms with E-state index in [2.05, 4.69) is 19.2 Å². The average molecular weight is 217 g/mol. The lowest BCUT2D eigenvalue weighted by molar-refractivity contribution is -0.0458.